The Balaban J connectivity index is 1.48. The molecule has 0 aromatic heterocycles. The molecule has 1 N–H and O–H groups in total. The number of carbonyl (C=O) groups is 4. The number of rotatable bonds is 8. The zero-order chi connectivity index (χ0) is 25.7. The third-order valence-electron chi connectivity index (χ3n) is 5.15. The van der Waals surface area contributed by atoms with Gasteiger partial charge < -0.3 is 14.8 Å². The van der Waals surface area contributed by atoms with Gasteiger partial charge in [0.25, 0.3) is 11.1 Å². The molecule has 1 aliphatic heterocycles. The van der Waals surface area contributed by atoms with Crippen LogP contribution in [0.4, 0.5) is 10.5 Å². The van der Waals surface area contributed by atoms with E-state index in [1.165, 1.54) is 6.08 Å². The lowest BCUT2D eigenvalue weighted by Gasteiger charge is -2.13. The van der Waals surface area contributed by atoms with Crippen LogP contribution in [0.2, 0.25) is 0 Å². The molecule has 184 valence electrons. The van der Waals surface area contributed by atoms with Gasteiger partial charge in [0.2, 0.25) is 5.91 Å². The molecule has 8 nitrogen and oxygen atoms in total. The number of thioether (sulfide) groups is 1. The lowest BCUT2D eigenvalue weighted by Crippen LogP contribution is -2.36. The van der Waals surface area contributed by atoms with Crippen LogP contribution in [0.15, 0.2) is 70.0 Å². The molecule has 3 aromatic carbocycles. The van der Waals surface area contributed by atoms with E-state index >= 15 is 0 Å². The third-order valence-corrected chi connectivity index (χ3v) is 6.55. The van der Waals surface area contributed by atoms with Crippen molar-refractivity contribution < 1.29 is 28.7 Å². The van der Waals surface area contributed by atoms with Crippen LogP contribution in [0.25, 0.3) is 16.8 Å². The van der Waals surface area contributed by atoms with Crippen LogP contribution < -0.4 is 10.1 Å². The van der Waals surface area contributed by atoms with Gasteiger partial charge in [-0.3, -0.25) is 19.3 Å². The molecule has 3 amide bonds. The third kappa shape index (κ3) is 5.95. The van der Waals surface area contributed by atoms with E-state index in [9.17, 15) is 19.2 Å². The molecule has 10 heteroatoms. The quantitative estimate of drug-likeness (QED) is 0.293. The summed E-state index contributed by atoms with van der Waals surface area (Å²) in [4.78, 5) is 51.0. The molecule has 1 fully saturated rings. The summed E-state index contributed by atoms with van der Waals surface area (Å²) in [7, 11) is 0. The Kier molecular flexibility index (Phi) is 8.07. The second-order valence-electron chi connectivity index (χ2n) is 7.62. The highest BCUT2D eigenvalue weighted by molar-refractivity contribution is 9.10. The van der Waals surface area contributed by atoms with Crippen molar-refractivity contribution in [2.24, 2.45) is 0 Å². The lowest BCUT2D eigenvalue weighted by atomic mass is 10.1. The molecule has 0 atom stereocenters. The van der Waals surface area contributed by atoms with Gasteiger partial charge in [0.15, 0.2) is 6.61 Å². The Morgan fingerprint density at radius 2 is 1.86 bits per heavy atom. The van der Waals surface area contributed by atoms with Crippen molar-refractivity contribution in [2.45, 2.75) is 6.92 Å². The van der Waals surface area contributed by atoms with Crippen LogP contribution in [0.5, 0.6) is 5.75 Å². The number of hydrogen-bond acceptors (Lipinski definition) is 7. The lowest BCUT2D eigenvalue weighted by molar-refractivity contribution is -0.145. The van der Waals surface area contributed by atoms with E-state index in [0.717, 1.165) is 27.4 Å². The van der Waals surface area contributed by atoms with Gasteiger partial charge in [0.05, 0.1) is 11.5 Å². The maximum Gasteiger partial charge on any atom is 0.344 e. The van der Waals surface area contributed by atoms with Crippen LogP contribution in [-0.4, -0.2) is 47.7 Å². The number of amides is 3. The molecule has 1 saturated heterocycles. The van der Waals surface area contributed by atoms with Gasteiger partial charge in [-0.05, 0) is 54.4 Å². The Hall–Kier alpha value is -3.63. The number of imide groups is 1. The fourth-order valence-corrected chi connectivity index (χ4v) is 4.76. The van der Waals surface area contributed by atoms with Crippen LogP contribution in [0, 0.1) is 0 Å². The van der Waals surface area contributed by atoms with Crippen molar-refractivity contribution in [3.05, 3.63) is 75.6 Å². The first-order valence-electron chi connectivity index (χ1n) is 11.0. The largest absolute Gasteiger partial charge is 0.481 e. The zero-order valence-electron chi connectivity index (χ0n) is 19.2. The maximum absolute atomic E-state index is 13.0. The molecule has 0 radical (unpaired) electrons. The molecule has 0 saturated carbocycles. The van der Waals surface area contributed by atoms with Gasteiger partial charge in [-0.2, -0.15) is 0 Å². The van der Waals surface area contributed by atoms with Crippen LogP contribution in [0.1, 0.15) is 12.5 Å². The SMILES string of the molecule is CCOC(=O)COc1ccc(Br)cc1/C=C1/SC(=O)N(CC(=O)Nc2cccc3ccccc23)C1=O. The standard InChI is InChI=1S/C26H21BrN2O6S/c1-2-34-24(31)15-35-21-11-10-18(27)12-17(21)13-22-25(32)29(26(33)36-22)14-23(30)28-20-9-5-7-16-6-3-4-8-19(16)20/h3-13H,2,14-15H2,1H3,(H,28,30)/b22-13+. The second kappa shape index (κ2) is 11.4. The highest BCUT2D eigenvalue weighted by atomic mass is 79.9. The fraction of sp³-hybridized carbons (Fsp3) is 0.154. The topological polar surface area (TPSA) is 102 Å². The van der Waals surface area contributed by atoms with E-state index in [2.05, 4.69) is 21.2 Å². The van der Waals surface area contributed by atoms with Gasteiger partial charge in [0.1, 0.15) is 12.3 Å². The molecule has 0 bridgehead atoms. The number of anilines is 1. The van der Waals surface area contributed by atoms with Gasteiger partial charge in [-0.15, -0.1) is 0 Å². The molecular weight excluding hydrogens is 548 g/mol. The van der Waals surface area contributed by atoms with Crippen molar-refractivity contribution >= 4 is 73.3 Å². The molecule has 1 aliphatic rings. The van der Waals surface area contributed by atoms with Crippen LogP contribution in [-0.2, 0) is 19.1 Å². The summed E-state index contributed by atoms with van der Waals surface area (Å²) >= 11 is 4.10. The number of halogens is 1. The Bertz CT molecular complexity index is 1380. The van der Waals surface area contributed by atoms with Crippen molar-refractivity contribution in [3.8, 4) is 5.75 Å². The summed E-state index contributed by atoms with van der Waals surface area (Å²) in [6, 6.07) is 18.1. The molecule has 4 rings (SSSR count). The van der Waals surface area contributed by atoms with E-state index in [0.29, 0.717) is 21.5 Å². The minimum absolute atomic E-state index is 0.136. The minimum atomic E-state index is -0.589. The number of nitrogens with zero attached hydrogens (tertiary/aromatic N) is 1. The zero-order valence-corrected chi connectivity index (χ0v) is 21.6. The normalized spacial score (nSPS) is 14.4. The van der Waals surface area contributed by atoms with E-state index in [4.69, 9.17) is 9.47 Å². The van der Waals surface area contributed by atoms with Gasteiger partial charge in [-0.1, -0.05) is 52.3 Å². The number of esters is 1. The molecule has 36 heavy (non-hydrogen) atoms. The Labute approximate surface area is 219 Å². The molecular formula is C26H21BrN2O6S. The van der Waals surface area contributed by atoms with Gasteiger partial charge in [0, 0.05) is 21.1 Å². The average molecular weight is 569 g/mol. The maximum atomic E-state index is 13.0. The number of hydrogen-bond donors (Lipinski definition) is 1. The number of fused-ring (bicyclic) bond motifs is 1. The number of nitrogens with one attached hydrogen (secondary N) is 1. The Morgan fingerprint density at radius 3 is 2.67 bits per heavy atom. The summed E-state index contributed by atoms with van der Waals surface area (Å²) < 4.78 is 11.1. The van der Waals surface area contributed by atoms with E-state index < -0.39 is 29.6 Å². The minimum Gasteiger partial charge on any atom is -0.481 e. The van der Waals surface area contributed by atoms with Gasteiger partial charge >= 0.3 is 5.97 Å². The molecule has 3 aromatic rings. The summed E-state index contributed by atoms with van der Waals surface area (Å²) in [5.41, 5.74) is 1.08. The van der Waals surface area contributed by atoms with Crippen molar-refractivity contribution in [1.82, 2.24) is 4.90 Å². The van der Waals surface area contributed by atoms with Crippen molar-refractivity contribution in [3.63, 3.8) is 0 Å². The summed E-state index contributed by atoms with van der Waals surface area (Å²) in [6.07, 6.45) is 1.50. The van der Waals surface area contributed by atoms with Crippen LogP contribution in [0.3, 0.4) is 0 Å². The van der Waals surface area contributed by atoms with Crippen LogP contribution >= 0.6 is 27.7 Å². The fourth-order valence-electron chi connectivity index (χ4n) is 3.55. The molecule has 1 heterocycles. The summed E-state index contributed by atoms with van der Waals surface area (Å²) in [5.74, 6) is -1.26. The predicted molar refractivity (Wildman–Crippen MR) is 142 cm³/mol. The Morgan fingerprint density at radius 1 is 1.08 bits per heavy atom. The summed E-state index contributed by atoms with van der Waals surface area (Å²) in [5, 5.41) is 4.05. The first-order chi connectivity index (χ1) is 17.4. The average Bonchev–Trinajstić information content (AvgIpc) is 3.11. The molecule has 0 aliphatic carbocycles. The first kappa shape index (κ1) is 25.5. The van der Waals surface area contributed by atoms with Gasteiger partial charge in [-0.25, -0.2) is 4.79 Å². The van der Waals surface area contributed by atoms with Crippen molar-refractivity contribution in [2.75, 3.05) is 25.1 Å². The van der Waals surface area contributed by atoms with E-state index in [1.54, 1.807) is 31.2 Å². The monoisotopic (exact) mass is 568 g/mol. The smallest absolute Gasteiger partial charge is 0.344 e. The van der Waals surface area contributed by atoms with E-state index in [1.807, 2.05) is 36.4 Å². The molecule has 0 unspecified atom stereocenters. The van der Waals surface area contributed by atoms with Crippen molar-refractivity contribution in [1.29, 1.82) is 0 Å². The highest BCUT2D eigenvalue weighted by Crippen LogP contribution is 2.35. The first-order valence-corrected chi connectivity index (χ1v) is 12.6. The van der Waals surface area contributed by atoms with E-state index in [-0.39, 0.29) is 18.1 Å². The number of carbonyl (C=O) groups excluding carboxylic acids is 4. The highest BCUT2D eigenvalue weighted by Gasteiger charge is 2.36. The molecule has 0 spiro atoms. The number of benzene rings is 3. The number of ether oxygens (including phenoxy) is 2. The second-order valence-corrected chi connectivity index (χ2v) is 9.53. The predicted octanol–water partition coefficient (Wildman–Crippen LogP) is 5.22. The summed E-state index contributed by atoms with van der Waals surface area (Å²) in [6.45, 7) is 1.21.